The van der Waals surface area contributed by atoms with Gasteiger partial charge in [-0.3, -0.25) is 4.79 Å². The van der Waals surface area contributed by atoms with Crippen molar-refractivity contribution in [3.05, 3.63) is 89.5 Å². The molecule has 1 aromatic heterocycles. The summed E-state index contributed by atoms with van der Waals surface area (Å²) < 4.78 is 14.1. The quantitative estimate of drug-likeness (QED) is 0.308. The zero-order chi connectivity index (χ0) is 25.3. The maximum Gasteiger partial charge on any atom is 0.162 e. The second-order valence-electron chi connectivity index (χ2n) is 10.7. The molecule has 1 unspecified atom stereocenters. The SMILES string of the molecule is C=C/C=C(\c1cc[nH]c1C)C1CC[C@H](C(=O)C(=C)[C@@H](C)[C@@H](O)c2ccc(C)c(F)c2)C2(CC1)CC2. The number of carbonyl (C=O) groups is 1. The third-order valence-electron chi connectivity index (χ3n) is 8.62. The number of hydrogen-bond donors (Lipinski definition) is 2. The van der Waals surface area contributed by atoms with E-state index in [2.05, 4.69) is 37.2 Å². The zero-order valence-electron chi connectivity index (χ0n) is 21.2. The van der Waals surface area contributed by atoms with Gasteiger partial charge in [0.2, 0.25) is 0 Å². The lowest BCUT2D eigenvalue weighted by Gasteiger charge is -2.28. The highest BCUT2D eigenvalue weighted by Crippen LogP contribution is 2.61. The minimum atomic E-state index is -0.964. The molecule has 2 fully saturated rings. The number of aryl methyl sites for hydroxylation is 2. The van der Waals surface area contributed by atoms with Gasteiger partial charge in [0, 0.05) is 23.7 Å². The first-order valence-electron chi connectivity index (χ1n) is 12.8. The van der Waals surface area contributed by atoms with Crippen molar-refractivity contribution in [3.8, 4) is 0 Å². The molecule has 2 saturated carbocycles. The topological polar surface area (TPSA) is 53.1 Å². The van der Waals surface area contributed by atoms with Crippen molar-refractivity contribution in [1.29, 1.82) is 0 Å². The fourth-order valence-corrected chi connectivity index (χ4v) is 5.99. The Morgan fingerprint density at radius 2 is 1.94 bits per heavy atom. The Labute approximate surface area is 208 Å². The van der Waals surface area contributed by atoms with E-state index in [1.807, 2.05) is 19.2 Å². The van der Waals surface area contributed by atoms with Crippen LogP contribution in [-0.2, 0) is 4.79 Å². The van der Waals surface area contributed by atoms with Gasteiger partial charge in [0.25, 0.3) is 0 Å². The molecule has 3 nitrogen and oxygen atoms in total. The number of Topliss-reactive ketones (excluding diaryl/α,β-unsaturated/α-hetero) is 1. The molecule has 4 atom stereocenters. The summed E-state index contributed by atoms with van der Waals surface area (Å²) in [6, 6.07) is 6.88. The van der Waals surface area contributed by atoms with Crippen LogP contribution in [0.4, 0.5) is 4.39 Å². The number of hydrogen-bond acceptors (Lipinski definition) is 2. The van der Waals surface area contributed by atoms with Crippen LogP contribution < -0.4 is 0 Å². The third-order valence-corrected chi connectivity index (χ3v) is 8.62. The molecule has 2 aromatic rings. The fourth-order valence-electron chi connectivity index (χ4n) is 5.99. The van der Waals surface area contributed by atoms with Crippen LogP contribution >= 0.6 is 0 Å². The molecule has 35 heavy (non-hydrogen) atoms. The van der Waals surface area contributed by atoms with Crippen molar-refractivity contribution >= 4 is 11.4 Å². The highest BCUT2D eigenvalue weighted by Gasteiger charge is 2.53. The van der Waals surface area contributed by atoms with E-state index in [0.717, 1.165) is 44.2 Å². The molecule has 0 amide bonds. The summed E-state index contributed by atoms with van der Waals surface area (Å²) in [4.78, 5) is 17.1. The average Bonchev–Trinajstić information content (AvgIpc) is 3.56. The molecule has 0 saturated heterocycles. The van der Waals surface area contributed by atoms with Gasteiger partial charge in [-0.25, -0.2) is 4.39 Å². The van der Waals surface area contributed by atoms with E-state index in [1.165, 1.54) is 17.2 Å². The molecule has 0 radical (unpaired) electrons. The number of rotatable bonds is 8. The van der Waals surface area contributed by atoms with E-state index in [4.69, 9.17) is 0 Å². The molecule has 2 aliphatic carbocycles. The first-order valence-corrected chi connectivity index (χ1v) is 12.8. The Bertz CT molecular complexity index is 1150. The molecule has 1 aromatic carbocycles. The standard InChI is InChI=1S/C31H38FNO2/c1-6-7-26(25-13-17-33-22(25)5)23-10-11-27(31(14-12-23)15-16-31)30(35)21(4)20(3)29(34)24-9-8-19(2)28(32)18-24/h6-9,13,17-18,20,23,27,29,33-34H,1,4,10-12,14-16H2,2-3,5H3/b26-7-/t20-,23?,27-,29-/m1/s1. The lowest BCUT2D eigenvalue weighted by atomic mass is 9.76. The van der Waals surface area contributed by atoms with Gasteiger partial charge < -0.3 is 10.1 Å². The van der Waals surface area contributed by atoms with Crippen molar-refractivity contribution in [1.82, 2.24) is 4.98 Å². The molecule has 0 aliphatic heterocycles. The van der Waals surface area contributed by atoms with Crippen LogP contribution in [-0.4, -0.2) is 15.9 Å². The second-order valence-corrected chi connectivity index (χ2v) is 10.7. The number of halogens is 1. The van der Waals surface area contributed by atoms with E-state index >= 15 is 0 Å². The zero-order valence-corrected chi connectivity index (χ0v) is 21.2. The molecule has 0 bridgehead atoms. The van der Waals surface area contributed by atoms with E-state index in [1.54, 1.807) is 19.1 Å². The number of ketones is 1. The van der Waals surface area contributed by atoms with Gasteiger partial charge in [0.15, 0.2) is 5.78 Å². The second kappa shape index (κ2) is 10.1. The Morgan fingerprint density at radius 1 is 1.20 bits per heavy atom. The van der Waals surface area contributed by atoms with Crippen molar-refractivity contribution in [2.75, 3.05) is 0 Å². The number of aliphatic hydroxyl groups excluding tert-OH is 1. The number of H-pyrrole nitrogens is 1. The number of benzene rings is 1. The number of carbonyl (C=O) groups excluding carboxylic acids is 1. The monoisotopic (exact) mass is 475 g/mol. The number of aromatic amines is 1. The summed E-state index contributed by atoms with van der Waals surface area (Å²) in [7, 11) is 0. The third kappa shape index (κ3) is 4.99. The summed E-state index contributed by atoms with van der Waals surface area (Å²) in [6.45, 7) is 13.7. The van der Waals surface area contributed by atoms with Crippen molar-refractivity contribution in [3.63, 3.8) is 0 Å². The van der Waals surface area contributed by atoms with Gasteiger partial charge in [0.1, 0.15) is 5.82 Å². The highest BCUT2D eigenvalue weighted by molar-refractivity contribution is 5.98. The summed E-state index contributed by atoms with van der Waals surface area (Å²) in [5, 5.41) is 10.9. The highest BCUT2D eigenvalue weighted by atomic mass is 19.1. The molecule has 2 aliphatic rings. The number of allylic oxidation sites excluding steroid dienone is 3. The van der Waals surface area contributed by atoms with E-state index in [0.29, 0.717) is 22.6 Å². The Balaban J connectivity index is 1.51. The normalized spacial score (nSPS) is 23.4. The van der Waals surface area contributed by atoms with Crippen molar-refractivity contribution in [2.24, 2.45) is 23.2 Å². The predicted molar refractivity (Wildman–Crippen MR) is 140 cm³/mol. The number of nitrogens with one attached hydrogen (secondary N) is 1. The number of aliphatic hydroxyl groups is 1. The Morgan fingerprint density at radius 3 is 2.54 bits per heavy atom. The summed E-state index contributed by atoms with van der Waals surface area (Å²) in [5.74, 6) is -0.433. The van der Waals surface area contributed by atoms with Crippen LogP contribution in [0.25, 0.3) is 5.57 Å². The van der Waals surface area contributed by atoms with Crippen LogP contribution in [0.15, 0.2) is 61.3 Å². The van der Waals surface area contributed by atoms with Crippen molar-refractivity contribution in [2.45, 2.75) is 65.4 Å². The predicted octanol–water partition coefficient (Wildman–Crippen LogP) is 7.42. The smallest absolute Gasteiger partial charge is 0.162 e. The molecule has 4 rings (SSSR count). The largest absolute Gasteiger partial charge is 0.388 e. The maximum atomic E-state index is 14.1. The molecular weight excluding hydrogens is 437 g/mol. The molecule has 1 spiro atoms. The van der Waals surface area contributed by atoms with Gasteiger partial charge in [0.05, 0.1) is 6.10 Å². The minimum Gasteiger partial charge on any atom is -0.388 e. The number of aromatic nitrogens is 1. The Kier molecular flexibility index (Phi) is 7.32. The Hall–Kier alpha value is -2.72. The van der Waals surface area contributed by atoms with E-state index < -0.39 is 12.0 Å². The fraction of sp³-hybridized carbons (Fsp3) is 0.452. The summed E-state index contributed by atoms with van der Waals surface area (Å²) in [6.07, 6.45) is 11.0. The molecule has 4 heteroatoms. The van der Waals surface area contributed by atoms with Gasteiger partial charge in [-0.2, -0.15) is 0 Å². The molecule has 1 heterocycles. The molecular formula is C31H38FNO2. The molecule has 186 valence electrons. The van der Waals surface area contributed by atoms with Crippen molar-refractivity contribution < 1.29 is 14.3 Å². The average molecular weight is 476 g/mol. The van der Waals surface area contributed by atoms with Gasteiger partial charge >= 0.3 is 0 Å². The van der Waals surface area contributed by atoms with E-state index in [-0.39, 0.29) is 22.9 Å². The van der Waals surface area contributed by atoms with Gasteiger partial charge in [-0.05, 0) is 104 Å². The maximum absolute atomic E-state index is 14.1. The van der Waals surface area contributed by atoms with E-state index in [9.17, 15) is 14.3 Å². The van der Waals surface area contributed by atoms with Crippen LogP contribution in [0.5, 0.6) is 0 Å². The summed E-state index contributed by atoms with van der Waals surface area (Å²) in [5.41, 5.74) is 5.21. The van der Waals surface area contributed by atoms with Crippen LogP contribution in [0.3, 0.4) is 0 Å². The molecule has 2 N–H and O–H groups in total. The first-order chi connectivity index (χ1) is 16.7. The first kappa shape index (κ1) is 25.4. The van der Waals surface area contributed by atoms with Gasteiger partial charge in [-0.15, -0.1) is 0 Å². The van der Waals surface area contributed by atoms with Crippen LogP contribution in [0, 0.1) is 42.8 Å². The summed E-state index contributed by atoms with van der Waals surface area (Å²) >= 11 is 0. The van der Waals surface area contributed by atoms with Crippen LogP contribution in [0.2, 0.25) is 0 Å². The lowest BCUT2D eigenvalue weighted by Crippen LogP contribution is -2.29. The van der Waals surface area contributed by atoms with Crippen LogP contribution in [0.1, 0.15) is 73.9 Å². The minimum absolute atomic E-state index is 0.0574. The van der Waals surface area contributed by atoms with Gasteiger partial charge in [-0.1, -0.05) is 44.4 Å². The lowest BCUT2D eigenvalue weighted by molar-refractivity contribution is -0.122.